The summed E-state index contributed by atoms with van der Waals surface area (Å²) in [5, 5.41) is 3.02. The van der Waals surface area contributed by atoms with Crippen molar-refractivity contribution in [2.24, 2.45) is 11.7 Å². The smallest absolute Gasteiger partial charge is 0.251 e. The lowest BCUT2D eigenvalue weighted by atomic mass is 9.85. The lowest BCUT2D eigenvalue weighted by molar-refractivity contribution is 0.0941. The van der Waals surface area contributed by atoms with E-state index in [-0.39, 0.29) is 11.9 Å². The van der Waals surface area contributed by atoms with Crippen molar-refractivity contribution in [2.75, 3.05) is 6.54 Å². The van der Waals surface area contributed by atoms with E-state index < -0.39 is 0 Å². The van der Waals surface area contributed by atoms with Crippen LogP contribution in [0.5, 0.6) is 0 Å². The van der Waals surface area contributed by atoms with E-state index in [1.165, 1.54) is 18.4 Å². The molecule has 0 aromatic heterocycles. The molecule has 3 nitrogen and oxygen atoms in total. The van der Waals surface area contributed by atoms with Gasteiger partial charge in [0.05, 0.1) is 0 Å². The quantitative estimate of drug-likeness (QED) is 0.874. The highest BCUT2D eigenvalue weighted by atomic mass is 16.1. The third-order valence-corrected chi connectivity index (χ3v) is 4.12. The van der Waals surface area contributed by atoms with Crippen molar-refractivity contribution in [2.45, 2.75) is 45.1 Å². The zero-order chi connectivity index (χ0) is 13.7. The highest BCUT2D eigenvalue weighted by Gasteiger charge is 2.22. The molecule has 1 aromatic rings. The standard InChI is InChI=1S/C16H24N2O/c1-2-12-7-9-13(10-8-12)16(19)18-11-14-5-3-4-6-15(14)17/h7-10,14-15H,2-6,11,17H2,1H3,(H,18,19). The predicted octanol–water partition coefficient (Wildman–Crippen LogP) is 2.50. The van der Waals surface area contributed by atoms with Crippen LogP contribution >= 0.6 is 0 Å². The third-order valence-electron chi connectivity index (χ3n) is 4.12. The fourth-order valence-corrected chi connectivity index (χ4v) is 2.71. The van der Waals surface area contributed by atoms with Gasteiger partial charge in [0.25, 0.3) is 5.91 Å². The minimum absolute atomic E-state index is 0.0143. The maximum Gasteiger partial charge on any atom is 0.251 e. The largest absolute Gasteiger partial charge is 0.352 e. The van der Waals surface area contributed by atoms with Crippen LogP contribution in [0.25, 0.3) is 0 Å². The number of aryl methyl sites for hydroxylation is 1. The second-order valence-corrected chi connectivity index (χ2v) is 5.47. The summed E-state index contributed by atoms with van der Waals surface area (Å²) in [4.78, 5) is 12.0. The molecule has 0 radical (unpaired) electrons. The van der Waals surface area contributed by atoms with Crippen LogP contribution in [0.3, 0.4) is 0 Å². The zero-order valence-corrected chi connectivity index (χ0v) is 11.7. The molecule has 0 heterocycles. The van der Waals surface area contributed by atoms with E-state index in [2.05, 4.69) is 12.2 Å². The number of hydrogen-bond donors (Lipinski definition) is 2. The van der Waals surface area contributed by atoms with Crippen molar-refractivity contribution in [1.29, 1.82) is 0 Å². The minimum Gasteiger partial charge on any atom is -0.352 e. The van der Waals surface area contributed by atoms with Gasteiger partial charge >= 0.3 is 0 Å². The molecule has 0 spiro atoms. The molecule has 2 atom stereocenters. The fourth-order valence-electron chi connectivity index (χ4n) is 2.71. The van der Waals surface area contributed by atoms with Gasteiger partial charge < -0.3 is 11.1 Å². The van der Waals surface area contributed by atoms with Gasteiger partial charge in [0.15, 0.2) is 0 Å². The number of nitrogens with two attached hydrogens (primary N) is 1. The molecule has 1 aliphatic rings. The molecule has 2 rings (SSSR count). The summed E-state index contributed by atoms with van der Waals surface area (Å²) >= 11 is 0. The van der Waals surface area contributed by atoms with E-state index in [1.54, 1.807) is 0 Å². The molecule has 3 N–H and O–H groups in total. The highest BCUT2D eigenvalue weighted by Crippen LogP contribution is 2.22. The Morgan fingerprint density at radius 3 is 2.58 bits per heavy atom. The first-order chi connectivity index (χ1) is 9.20. The molecule has 1 fully saturated rings. The number of carbonyl (C=O) groups is 1. The Kier molecular flexibility index (Phi) is 4.97. The Labute approximate surface area is 115 Å². The van der Waals surface area contributed by atoms with E-state index in [0.717, 1.165) is 24.8 Å². The molecule has 104 valence electrons. The monoisotopic (exact) mass is 260 g/mol. The average molecular weight is 260 g/mol. The van der Waals surface area contributed by atoms with Crippen molar-refractivity contribution in [3.05, 3.63) is 35.4 Å². The van der Waals surface area contributed by atoms with Gasteiger partial charge in [-0.15, -0.1) is 0 Å². The summed E-state index contributed by atoms with van der Waals surface area (Å²) in [6.07, 6.45) is 5.68. The van der Waals surface area contributed by atoms with Crippen molar-refractivity contribution in [3.63, 3.8) is 0 Å². The maximum atomic E-state index is 12.0. The number of benzene rings is 1. The zero-order valence-electron chi connectivity index (χ0n) is 11.7. The third kappa shape index (κ3) is 3.80. The van der Waals surface area contributed by atoms with Crippen molar-refractivity contribution >= 4 is 5.91 Å². The Bertz CT molecular complexity index is 413. The summed E-state index contributed by atoms with van der Waals surface area (Å²) in [6, 6.07) is 8.07. The van der Waals surface area contributed by atoms with Crippen LogP contribution in [0.1, 0.15) is 48.5 Å². The summed E-state index contributed by atoms with van der Waals surface area (Å²) in [6.45, 7) is 2.81. The van der Waals surface area contributed by atoms with Crippen molar-refractivity contribution < 1.29 is 4.79 Å². The molecular formula is C16H24N2O. The van der Waals surface area contributed by atoms with E-state index in [1.807, 2.05) is 24.3 Å². The molecule has 1 aliphatic carbocycles. The van der Waals surface area contributed by atoms with Crippen molar-refractivity contribution in [1.82, 2.24) is 5.32 Å². The first-order valence-corrected chi connectivity index (χ1v) is 7.33. The van der Waals surface area contributed by atoms with E-state index in [9.17, 15) is 4.79 Å². The van der Waals surface area contributed by atoms with Gasteiger partial charge in [0, 0.05) is 18.2 Å². The number of nitrogens with one attached hydrogen (secondary N) is 1. The number of rotatable bonds is 4. The highest BCUT2D eigenvalue weighted by molar-refractivity contribution is 5.94. The van der Waals surface area contributed by atoms with Gasteiger partial charge in [0.1, 0.15) is 0 Å². The molecule has 19 heavy (non-hydrogen) atoms. The molecule has 1 aromatic carbocycles. The molecule has 0 aliphatic heterocycles. The lowest BCUT2D eigenvalue weighted by Gasteiger charge is -2.28. The number of carbonyl (C=O) groups excluding carboxylic acids is 1. The minimum atomic E-state index is 0.0143. The predicted molar refractivity (Wildman–Crippen MR) is 78.1 cm³/mol. The van der Waals surface area contributed by atoms with Gasteiger partial charge in [-0.3, -0.25) is 4.79 Å². The van der Waals surface area contributed by atoms with Crippen LogP contribution in [0.4, 0.5) is 0 Å². The topological polar surface area (TPSA) is 55.1 Å². The molecule has 0 saturated heterocycles. The van der Waals surface area contributed by atoms with Gasteiger partial charge in [-0.2, -0.15) is 0 Å². The van der Waals surface area contributed by atoms with E-state index >= 15 is 0 Å². The summed E-state index contributed by atoms with van der Waals surface area (Å²) in [7, 11) is 0. The normalized spacial score (nSPS) is 23.1. The Morgan fingerprint density at radius 1 is 1.26 bits per heavy atom. The van der Waals surface area contributed by atoms with Gasteiger partial charge in [-0.25, -0.2) is 0 Å². The molecule has 2 unspecified atom stereocenters. The van der Waals surface area contributed by atoms with Crippen LogP contribution in [-0.2, 0) is 6.42 Å². The first-order valence-electron chi connectivity index (χ1n) is 7.33. The summed E-state index contributed by atoms with van der Waals surface area (Å²) in [5.41, 5.74) is 8.08. The second-order valence-electron chi connectivity index (χ2n) is 5.47. The lowest BCUT2D eigenvalue weighted by Crippen LogP contribution is -2.41. The van der Waals surface area contributed by atoms with Crippen molar-refractivity contribution in [3.8, 4) is 0 Å². The van der Waals surface area contributed by atoms with E-state index in [0.29, 0.717) is 12.5 Å². The number of hydrogen-bond acceptors (Lipinski definition) is 2. The van der Waals surface area contributed by atoms with Crippen LogP contribution in [0, 0.1) is 5.92 Å². The summed E-state index contributed by atoms with van der Waals surface area (Å²) < 4.78 is 0. The average Bonchev–Trinajstić information content (AvgIpc) is 2.46. The van der Waals surface area contributed by atoms with Crippen LogP contribution in [-0.4, -0.2) is 18.5 Å². The Hall–Kier alpha value is -1.35. The van der Waals surface area contributed by atoms with Crippen LogP contribution in [0.2, 0.25) is 0 Å². The van der Waals surface area contributed by atoms with E-state index in [4.69, 9.17) is 5.73 Å². The van der Waals surface area contributed by atoms with Gasteiger partial charge in [-0.05, 0) is 42.9 Å². The van der Waals surface area contributed by atoms with Crippen LogP contribution in [0.15, 0.2) is 24.3 Å². The summed E-state index contributed by atoms with van der Waals surface area (Å²) in [5.74, 6) is 0.452. The Morgan fingerprint density at radius 2 is 1.95 bits per heavy atom. The maximum absolute atomic E-state index is 12.0. The molecule has 1 amide bonds. The first kappa shape index (κ1) is 14.1. The fraction of sp³-hybridized carbons (Fsp3) is 0.562. The molecular weight excluding hydrogens is 236 g/mol. The molecule has 0 bridgehead atoms. The van der Waals surface area contributed by atoms with Gasteiger partial charge in [-0.1, -0.05) is 31.9 Å². The molecule has 1 saturated carbocycles. The SMILES string of the molecule is CCc1ccc(C(=O)NCC2CCCCC2N)cc1. The molecule has 3 heteroatoms. The van der Waals surface area contributed by atoms with Crippen LogP contribution < -0.4 is 11.1 Å². The number of amides is 1. The second kappa shape index (κ2) is 6.71. The Balaban J connectivity index is 1.86. The van der Waals surface area contributed by atoms with Gasteiger partial charge in [0.2, 0.25) is 0 Å².